The molecule has 1 aliphatic heterocycles. The lowest BCUT2D eigenvalue weighted by atomic mass is 10.1. The predicted molar refractivity (Wildman–Crippen MR) is 73.5 cm³/mol. The fraction of sp³-hybridized carbons (Fsp3) is 0.786. The van der Waals surface area contributed by atoms with Crippen molar-refractivity contribution >= 4 is 5.91 Å². The second kappa shape index (κ2) is 7.54. The van der Waals surface area contributed by atoms with Crippen molar-refractivity contribution in [2.75, 3.05) is 33.3 Å². The first kappa shape index (κ1) is 15.2. The van der Waals surface area contributed by atoms with Crippen molar-refractivity contribution in [1.29, 1.82) is 0 Å². The maximum absolute atomic E-state index is 11.8. The molecule has 1 saturated heterocycles. The molecule has 1 rings (SSSR count). The number of ether oxygens (including phenoxy) is 1. The summed E-state index contributed by atoms with van der Waals surface area (Å²) in [6, 6.07) is 0. The summed E-state index contributed by atoms with van der Waals surface area (Å²) in [6.45, 7) is 11.3. The highest BCUT2D eigenvalue weighted by molar-refractivity contribution is 5.93. The molecule has 1 amide bonds. The number of nitrogens with zero attached hydrogens (tertiary/aromatic N) is 1. The molecule has 1 aliphatic rings. The van der Waals surface area contributed by atoms with Crippen LogP contribution in [-0.2, 0) is 9.53 Å². The maximum Gasteiger partial charge on any atom is 0.247 e. The zero-order valence-corrected chi connectivity index (χ0v) is 11.9. The molecule has 0 spiro atoms. The van der Waals surface area contributed by atoms with Crippen LogP contribution in [0.1, 0.15) is 26.7 Å². The Morgan fingerprint density at radius 3 is 2.89 bits per heavy atom. The predicted octanol–water partition coefficient (Wildman–Crippen LogP) is 1.43. The fourth-order valence-electron chi connectivity index (χ4n) is 2.11. The van der Waals surface area contributed by atoms with Crippen molar-refractivity contribution in [2.24, 2.45) is 5.92 Å². The minimum Gasteiger partial charge on any atom is -0.380 e. The molecule has 0 bridgehead atoms. The van der Waals surface area contributed by atoms with Crippen molar-refractivity contribution in [1.82, 2.24) is 10.2 Å². The van der Waals surface area contributed by atoms with Crippen LogP contribution in [0, 0.1) is 5.92 Å². The van der Waals surface area contributed by atoms with Gasteiger partial charge in [-0.2, -0.15) is 0 Å². The van der Waals surface area contributed by atoms with Crippen LogP contribution >= 0.6 is 0 Å². The monoisotopic (exact) mass is 254 g/mol. The van der Waals surface area contributed by atoms with E-state index < -0.39 is 0 Å². The summed E-state index contributed by atoms with van der Waals surface area (Å²) in [6.07, 6.45) is 2.53. The zero-order valence-electron chi connectivity index (χ0n) is 11.9. The molecule has 1 heterocycles. The van der Waals surface area contributed by atoms with Gasteiger partial charge in [0.15, 0.2) is 0 Å². The van der Waals surface area contributed by atoms with Crippen molar-refractivity contribution in [3.63, 3.8) is 0 Å². The topological polar surface area (TPSA) is 41.6 Å². The quantitative estimate of drug-likeness (QED) is 0.729. The summed E-state index contributed by atoms with van der Waals surface area (Å²) in [5.41, 5.74) is 0.646. The molecule has 104 valence electrons. The number of nitrogens with one attached hydrogen (secondary N) is 1. The Morgan fingerprint density at radius 1 is 1.56 bits per heavy atom. The van der Waals surface area contributed by atoms with E-state index in [0.717, 1.165) is 25.9 Å². The first-order valence-electron chi connectivity index (χ1n) is 6.74. The summed E-state index contributed by atoms with van der Waals surface area (Å²) in [4.78, 5) is 14.0. The van der Waals surface area contributed by atoms with E-state index in [0.29, 0.717) is 30.7 Å². The highest BCUT2D eigenvalue weighted by Crippen LogP contribution is 2.13. The summed E-state index contributed by atoms with van der Waals surface area (Å²) >= 11 is 0. The molecule has 1 N–H and O–H groups in total. The number of carbonyl (C=O) groups is 1. The maximum atomic E-state index is 11.8. The third-order valence-electron chi connectivity index (χ3n) is 3.20. The van der Waals surface area contributed by atoms with Crippen LogP contribution in [0.5, 0.6) is 0 Å². The molecule has 0 aromatic heterocycles. The molecule has 0 aliphatic carbocycles. The third-order valence-corrected chi connectivity index (χ3v) is 3.20. The highest BCUT2D eigenvalue weighted by atomic mass is 16.5. The van der Waals surface area contributed by atoms with E-state index in [9.17, 15) is 4.79 Å². The Morgan fingerprint density at radius 2 is 2.28 bits per heavy atom. The van der Waals surface area contributed by atoms with Crippen LogP contribution in [-0.4, -0.2) is 50.2 Å². The largest absolute Gasteiger partial charge is 0.380 e. The van der Waals surface area contributed by atoms with Gasteiger partial charge in [0.1, 0.15) is 0 Å². The van der Waals surface area contributed by atoms with Gasteiger partial charge in [-0.15, -0.1) is 0 Å². The second-order valence-corrected chi connectivity index (χ2v) is 5.44. The van der Waals surface area contributed by atoms with Crippen molar-refractivity contribution in [3.05, 3.63) is 12.2 Å². The minimum absolute atomic E-state index is 0.0248. The Bertz CT molecular complexity index is 290. The van der Waals surface area contributed by atoms with Gasteiger partial charge in [0.25, 0.3) is 0 Å². The number of rotatable bonds is 6. The molecule has 1 unspecified atom stereocenters. The lowest BCUT2D eigenvalue weighted by Gasteiger charge is -2.32. The van der Waals surface area contributed by atoms with E-state index in [-0.39, 0.29) is 5.91 Å². The number of likely N-dealkylation sites (tertiary alicyclic amines) is 1. The van der Waals surface area contributed by atoms with Crippen LogP contribution in [0.2, 0.25) is 0 Å². The van der Waals surface area contributed by atoms with Gasteiger partial charge in [-0.25, -0.2) is 0 Å². The molecule has 0 aromatic rings. The van der Waals surface area contributed by atoms with Gasteiger partial charge in [0.05, 0.1) is 6.10 Å². The summed E-state index contributed by atoms with van der Waals surface area (Å²) in [7, 11) is 1.75. The molecule has 0 saturated carbocycles. The van der Waals surface area contributed by atoms with Crippen molar-refractivity contribution in [2.45, 2.75) is 32.8 Å². The van der Waals surface area contributed by atoms with Crippen LogP contribution in [0.15, 0.2) is 12.2 Å². The Labute approximate surface area is 110 Å². The van der Waals surface area contributed by atoms with Crippen LogP contribution in [0.4, 0.5) is 0 Å². The molecular formula is C14H26N2O2. The van der Waals surface area contributed by atoms with Gasteiger partial charge in [-0.05, 0) is 25.3 Å². The van der Waals surface area contributed by atoms with Gasteiger partial charge >= 0.3 is 0 Å². The lowest BCUT2D eigenvalue weighted by Crippen LogP contribution is -2.42. The molecule has 1 atom stereocenters. The van der Waals surface area contributed by atoms with Gasteiger partial charge < -0.3 is 10.1 Å². The van der Waals surface area contributed by atoms with E-state index in [1.807, 2.05) is 0 Å². The average molecular weight is 254 g/mol. The van der Waals surface area contributed by atoms with Crippen molar-refractivity contribution < 1.29 is 9.53 Å². The number of hydrogen-bond acceptors (Lipinski definition) is 3. The lowest BCUT2D eigenvalue weighted by molar-refractivity contribution is -0.118. The fourth-order valence-corrected chi connectivity index (χ4v) is 2.11. The van der Waals surface area contributed by atoms with Gasteiger partial charge in [0, 0.05) is 32.3 Å². The van der Waals surface area contributed by atoms with E-state index in [1.165, 1.54) is 0 Å². The second-order valence-electron chi connectivity index (χ2n) is 5.44. The number of carbonyl (C=O) groups excluding carboxylic acids is 1. The normalized spacial score (nSPS) is 21.0. The smallest absolute Gasteiger partial charge is 0.247 e. The number of hydrogen-bond donors (Lipinski definition) is 1. The highest BCUT2D eigenvalue weighted by Gasteiger charge is 2.21. The SMILES string of the molecule is C=C(CN1CCCC(OC)C1)C(=O)NCC(C)C. The molecule has 0 radical (unpaired) electrons. The van der Waals surface area contributed by atoms with Crippen LogP contribution < -0.4 is 5.32 Å². The number of piperidine rings is 1. The minimum atomic E-state index is -0.0248. The summed E-state index contributed by atoms with van der Waals surface area (Å²) < 4.78 is 5.37. The van der Waals surface area contributed by atoms with Crippen LogP contribution in [0.3, 0.4) is 0 Å². The molecule has 1 fully saturated rings. The van der Waals surface area contributed by atoms with Gasteiger partial charge in [-0.1, -0.05) is 20.4 Å². The summed E-state index contributed by atoms with van der Waals surface area (Å²) in [5.74, 6) is 0.442. The molecule has 18 heavy (non-hydrogen) atoms. The molecule has 4 nitrogen and oxygen atoms in total. The Balaban J connectivity index is 2.32. The standard InChI is InChI=1S/C14H26N2O2/c1-11(2)8-15-14(17)12(3)9-16-7-5-6-13(10-16)18-4/h11,13H,3,5-10H2,1-2,4H3,(H,15,17). The third kappa shape index (κ3) is 5.19. The van der Waals surface area contributed by atoms with E-state index in [4.69, 9.17) is 4.74 Å². The molecular weight excluding hydrogens is 228 g/mol. The molecule has 0 aromatic carbocycles. The van der Waals surface area contributed by atoms with E-state index in [1.54, 1.807) is 7.11 Å². The average Bonchev–Trinajstić information content (AvgIpc) is 2.36. The van der Waals surface area contributed by atoms with Gasteiger partial charge in [0.2, 0.25) is 5.91 Å². The van der Waals surface area contributed by atoms with E-state index >= 15 is 0 Å². The zero-order chi connectivity index (χ0) is 13.5. The molecule has 4 heteroatoms. The van der Waals surface area contributed by atoms with Crippen molar-refractivity contribution in [3.8, 4) is 0 Å². The number of methoxy groups -OCH3 is 1. The van der Waals surface area contributed by atoms with Crippen LogP contribution in [0.25, 0.3) is 0 Å². The Kier molecular flexibility index (Phi) is 6.36. The first-order chi connectivity index (χ1) is 8.52. The van der Waals surface area contributed by atoms with Gasteiger partial charge in [-0.3, -0.25) is 9.69 Å². The van der Waals surface area contributed by atoms with E-state index in [2.05, 4.69) is 30.6 Å². The Hall–Kier alpha value is -0.870. The first-order valence-corrected chi connectivity index (χ1v) is 6.74. The summed E-state index contributed by atoms with van der Waals surface area (Å²) in [5, 5.41) is 2.90. The number of amides is 1.